The summed E-state index contributed by atoms with van der Waals surface area (Å²) in [7, 11) is 0. The lowest BCUT2D eigenvalue weighted by Crippen LogP contribution is -2.45. The number of amides is 5. The van der Waals surface area contributed by atoms with Crippen molar-refractivity contribution in [2.45, 2.75) is 83.6 Å². The van der Waals surface area contributed by atoms with Crippen LogP contribution in [0.2, 0.25) is 0 Å². The number of nitrogens with one attached hydrogen (secondary N) is 5. The third-order valence-electron chi connectivity index (χ3n) is 10.2. The van der Waals surface area contributed by atoms with Crippen LogP contribution < -0.4 is 21.6 Å². The summed E-state index contributed by atoms with van der Waals surface area (Å²) in [5, 5.41) is 24.5. The molecule has 3 aromatic rings. The van der Waals surface area contributed by atoms with Crippen molar-refractivity contribution < 1.29 is 29.6 Å². The summed E-state index contributed by atoms with van der Waals surface area (Å²) >= 11 is 0. The van der Waals surface area contributed by atoms with Gasteiger partial charge in [-0.25, -0.2) is 15.8 Å². The first-order valence-corrected chi connectivity index (χ1v) is 18.8. The molecule has 5 amide bonds. The number of aromatic nitrogens is 1. The van der Waals surface area contributed by atoms with E-state index in [1.807, 2.05) is 46.3 Å². The van der Waals surface area contributed by atoms with Crippen molar-refractivity contribution in [3.63, 3.8) is 0 Å². The quantitative estimate of drug-likeness (QED) is 0.0626. The smallest absolute Gasteiger partial charge is 0.317 e. The number of urea groups is 1. The van der Waals surface area contributed by atoms with Crippen molar-refractivity contribution in [1.29, 1.82) is 0 Å². The number of carbonyl (C=O) groups is 4. The Morgan fingerprint density at radius 2 is 1.29 bits per heavy atom. The summed E-state index contributed by atoms with van der Waals surface area (Å²) in [6.07, 6.45) is 11.5. The highest BCUT2D eigenvalue weighted by atomic mass is 16.5. The number of H-pyrrole nitrogens is 1. The van der Waals surface area contributed by atoms with E-state index in [1.165, 1.54) is 16.5 Å². The summed E-state index contributed by atoms with van der Waals surface area (Å²) < 4.78 is 0. The minimum atomic E-state index is -0.331. The summed E-state index contributed by atoms with van der Waals surface area (Å²) in [5.41, 5.74) is 6.89. The molecular formula is C39H57N7O6. The molecule has 5 rings (SSSR count). The molecule has 13 heteroatoms. The van der Waals surface area contributed by atoms with Crippen molar-refractivity contribution in [1.82, 2.24) is 36.4 Å². The number of fused-ring (bicyclic) bond motifs is 1. The molecule has 2 fully saturated rings. The zero-order valence-corrected chi connectivity index (χ0v) is 30.3. The predicted octanol–water partition coefficient (Wildman–Crippen LogP) is 4.89. The highest BCUT2D eigenvalue weighted by molar-refractivity contribution is 5.83. The van der Waals surface area contributed by atoms with Crippen LogP contribution >= 0.6 is 0 Å². The number of para-hydroxylation sites is 1. The van der Waals surface area contributed by atoms with Gasteiger partial charge in [-0.1, -0.05) is 48.5 Å². The second kappa shape index (κ2) is 22.5. The van der Waals surface area contributed by atoms with Gasteiger partial charge in [-0.2, -0.15) is 0 Å². The van der Waals surface area contributed by atoms with Gasteiger partial charge >= 0.3 is 6.03 Å². The van der Waals surface area contributed by atoms with Crippen LogP contribution in [0.5, 0.6) is 0 Å². The van der Waals surface area contributed by atoms with E-state index < -0.39 is 0 Å². The average molecular weight is 720 g/mol. The largest absolute Gasteiger partial charge is 0.361 e. The molecule has 2 saturated heterocycles. The standard InChI is InChI=1S/C20H28N4O3.C19H29N3O3/c25-19(23-27)7-3-4-15-9-12-24(13-10-15)20(26)21-11-8-16-14-22-18-6-2-1-5-17(16)18;23-18(21-25)8-4-7-16-10-13-22(14-11-16)19(24)9-12-20-15-17-5-2-1-3-6-17/h1-2,5-6,14-15,22,27H,3-4,7-13H2,(H,21,26)(H,23,25);1-3,5-6,16,20,25H,4,7-15H2,(H,21,23). The van der Waals surface area contributed by atoms with E-state index in [2.05, 4.69) is 39.9 Å². The van der Waals surface area contributed by atoms with Crippen LogP contribution in [0.3, 0.4) is 0 Å². The maximum atomic E-state index is 12.4. The number of piperidine rings is 2. The van der Waals surface area contributed by atoms with E-state index >= 15 is 0 Å². The van der Waals surface area contributed by atoms with Crippen LogP contribution in [-0.4, -0.2) is 88.2 Å². The molecule has 0 bridgehead atoms. The molecule has 0 unspecified atom stereocenters. The number of rotatable bonds is 16. The minimum absolute atomic E-state index is 0.00736. The molecule has 2 aromatic carbocycles. The fraction of sp³-hybridized carbons (Fsp3) is 0.538. The molecule has 13 nitrogen and oxygen atoms in total. The Bertz CT molecular complexity index is 1520. The number of benzene rings is 2. The molecular weight excluding hydrogens is 662 g/mol. The Labute approximate surface area is 306 Å². The number of hydroxylamine groups is 2. The van der Waals surface area contributed by atoms with Gasteiger partial charge in [-0.05, 0) is 86.8 Å². The maximum Gasteiger partial charge on any atom is 0.317 e. The van der Waals surface area contributed by atoms with E-state index in [0.717, 1.165) is 96.0 Å². The fourth-order valence-electron chi connectivity index (χ4n) is 7.05. The van der Waals surface area contributed by atoms with E-state index in [4.69, 9.17) is 10.4 Å². The van der Waals surface area contributed by atoms with E-state index in [1.54, 1.807) is 11.0 Å². The lowest BCUT2D eigenvalue weighted by molar-refractivity contribution is -0.132. The molecule has 2 aliphatic heterocycles. The third kappa shape index (κ3) is 13.9. The molecule has 0 aliphatic carbocycles. The summed E-state index contributed by atoms with van der Waals surface area (Å²) in [6.45, 7) is 5.26. The lowest BCUT2D eigenvalue weighted by atomic mass is 9.91. The van der Waals surface area contributed by atoms with Crippen LogP contribution in [0.4, 0.5) is 4.79 Å². The van der Waals surface area contributed by atoms with E-state index in [9.17, 15) is 19.2 Å². The van der Waals surface area contributed by atoms with Gasteiger partial charge in [0.25, 0.3) is 0 Å². The van der Waals surface area contributed by atoms with Crippen LogP contribution in [-0.2, 0) is 27.3 Å². The number of hydrogen-bond acceptors (Lipinski definition) is 7. The van der Waals surface area contributed by atoms with Gasteiger partial charge in [0.2, 0.25) is 17.7 Å². The first-order chi connectivity index (χ1) is 25.4. The molecule has 0 atom stereocenters. The normalized spacial score (nSPS) is 15.1. The van der Waals surface area contributed by atoms with Gasteiger partial charge < -0.3 is 25.4 Å². The van der Waals surface area contributed by atoms with Crippen molar-refractivity contribution in [3.8, 4) is 0 Å². The SMILES string of the molecule is O=C(CCCC1CCN(C(=O)CCNCc2ccccc2)CC1)NO.O=C(CCCC1CCN(C(=O)NCCc2c[nH]c3ccccc23)CC1)NO. The second-order valence-electron chi connectivity index (χ2n) is 13.9. The van der Waals surface area contributed by atoms with Gasteiger partial charge in [0.1, 0.15) is 0 Å². The second-order valence-corrected chi connectivity index (χ2v) is 13.9. The molecule has 0 radical (unpaired) electrons. The van der Waals surface area contributed by atoms with Crippen molar-refractivity contribution in [2.24, 2.45) is 11.8 Å². The summed E-state index contributed by atoms with van der Waals surface area (Å²) in [6, 6.07) is 18.4. The Kier molecular flexibility index (Phi) is 17.4. The molecule has 52 heavy (non-hydrogen) atoms. The molecule has 0 saturated carbocycles. The van der Waals surface area contributed by atoms with Crippen LogP contribution in [0.15, 0.2) is 60.8 Å². The van der Waals surface area contributed by atoms with E-state index in [-0.39, 0.29) is 23.8 Å². The van der Waals surface area contributed by atoms with Crippen LogP contribution in [0.1, 0.15) is 81.8 Å². The highest BCUT2D eigenvalue weighted by Crippen LogP contribution is 2.24. The van der Waals surface area contributed by atoms with Crippen LogP contribution in [0, 0.1) is 11.8 Å². The van der Waals surface area contributed by atoms with Gasteiger partial charge in [0, 0.05) is 82.2 Å². The van der Waals surface area contributed by atoms with Crippen molar-refractivity contribution >= 4 is 34.7 Å². The Morgan fingerprint density at radius 3 is 1.90 bits per heavy atom. The summed E-state index contributed by atoms with van der Waals surface area (Å²) in [5.74, 6) is 0.690. The Balaban J connectivity index is 0.000000234. The zero-order valence-electron chi connectivity index (χ0n) is 30.3. The zero-order chi connectivity index (χ0) is 37.0. The van der Waals surface area contributed by atoms with E-state index in [0.29, 0.717) is 44.2 Å². The number of nitrogens with zero attached hydrogens (tertiary/aromatic N) is 2. The first kappa shape index (κ1) is 40.3. The molecule has 3 heterocycles. The molecule has 1 aromatic heterocycles. The summed E-state index contributed by atoms with van der Waals surface area (Å²) in [4.78, 5) is 53.7. The van der Waals surface area contributed by atoms with Gasteiger partial charge in [-0.15, -0.1) is 0 Å². The number of carbonyl (C=O) groups excluding carboxylic acids is 4. The highest BCUT2D eigenvalue weighted by Gasteiger charge is 2.23. The third-order valence-corrected chi connectivity index (χ3v) is 10.2. The minimum Gasteiger partial charge on any atom is -0.361 e. The van der Waals surface area contributed by atoms with Gasteiger partial charge in [0.15, 0.2) is 0 Å². The van der Waals surface area contributed by atoms with Gasteiger partial charge in [-0.3, -0.25) is 24.8 Å². The molecule has 0 spiro atoms. The molecule has 7 N–H and O–H groups in total. The molecule has 284 valence electrons. The fourth-order valence-corrected chi connectivity index (χ4v) is 7.05. The Hall–Kier alpha value is -4.46. The monoisotopic (exact) mass is 719 g/mol. The Morgan fingerprint density at radius 1 is 0.712 bits per heavy atom. The maximum absolute atomic E-state index is 12.4. The lowest BCUT2D eigenvalue weighted by Gasteiger charge is -2.32. The predicted molar refractivity (Wildman–Crippen MR) is 199 cm³/mol. The van der Waals surface area contributed by atoms with Gasteiger partial charge in [0.05, 0.1) is 0 Å². The van der Waals surface area contributed by atoms with Crippen molar-refractivity contribution in [3.05, 3.63) is 71.9 Å². The number of hydrogen-bond donors (Lipinski definition) is 7. The number of likely N-dealkylation sites (tertiary alicyclic amines) is 2. The average Bonchev–Trinajstić information content (AvgIpc) is 3.60. The first-order valence-electron chi connectivity index (χ1n) is 18.8. The topological polar surface area (TPSA) is 179 Å². The van der Waals surface area contributed by atoms with Crippen molar-refractivity contribution in [2.75, 3.05) is 39.3 Å². The van der Waals surface area contributed by atoms with Crippen LogP contribution in [0.25, 0.3) is 10.9 Å². The number of aromatic amines is 1. The molecule has 2 aliphatic rings.